The Hall–Kier alpha value is -4.72. The molecule has 0 atom stereocenters. The second kappa shape index (κ2) is 10.5. The van der Waals surface area contributed by atoms with Gasteiger partial charge in [-0.1, -0.05) is 91.0 Å². The van der Waals surface area contributed by atoms with Gasteiger partial charge in [-0.05, 0) is 56.9 Å². The minimum atomic E-state index is -0.554. The van der Waals surface area contributed by atoms with E-state index >= 15 is 0 Å². The number of hydrogen-bond acceptors (Lipinski definition) is 6. The summed E-state index contributed by atoms with van der Waals surface area (Å²) in [6, 6.07) is 36.6. The minimum Gasteiger partial charge on any atom is -0.399 e. The van der Waals surface area contributed by atoms with Gasteiger partial charge >= 0.3 is 7.12 Å². The van der Waals surface area contributed by atoms with Crippen molar-refractivity contribution in [1.29, 1.82) is 0 Å². The molecule has 0 aliphatic carbocycles. The van der Waals surface area contributed by atoms with Gasteiger partial charge in [0.2, 0.25) is 0 Å². The standard InChI is InChI=1S/C36H31BN4O2/c1-35(2)36(3,4)43-37(42-35)30-21-27(29-19-26-17-11-12-18-31(26)38-23-29)20-28(22-30)34-40-32(24-13-7-5-8-14-24)39-33(41-34)25-15-9-6-10-16-25/h5-23H,1-4H3. The monoisotopic (exact) mass is 562 g/mol. The van der Waals surface area contributed by atoms with E-state index in [-0.39, 0.29) is 0 Å². The van der Waals surface area contributed by atoms with Crippen molar-refractivity contribution < 1.29 is 9.31 Å². The fourth-order valence-electron chi connectivity index (χ4n) is 5.23. The van der Waals surface area contributed by atoms with Crippen LogP contribution in [0.2, 0.25) is 0 Å². The third-order valence-electron chi connectivity index (χ3n) is 8.36. The Morgan fingerprint density at radius 2 is 1.02 bits per heavy atom. The van der Waals surface area contributed by atoms with Crippen molar-refractivity contribution in [1.82, 2.24) is 19.9 Å². The van der Waals surface area contributed by atoms with Crippen molar-refractivity contribution in [3.05, 3.63) is 115 Å². The lowest BCUT2D eigenvalue weighted by molar-refractivity contribution is 0.00578. The Morgan fingerprint density at radius 3 is 1.63 bits per heavy atom. The van der Waals surface area contributed by atoms with Crippen LogP contribution in [0.5, 0.6) is 0 Å². The van der Waals surface area contributed by atoms with Crippen LogP contribution >= 0.6 is 0 Å². The number of hydrogen-bond donors (Lipinski definition) is 0. The summed E-state index contributed by atoms with van der Waals surface area (Å²) >= 11 is 0. The second-order valence-corrected chi connectivity index (χ2v) is 11.9. The smallest absolute Gasteiger partial charge is 0.399 e. The molecule has 0 radical (unpaired) electrons. The van der Waals surface area contributed by atoms with Gasteiger partial charge in [0.1, 0.15) is 0 Å². The van der Waals surface area contributed by atoms with Crippen molar-refractivity contribution in [3.63, 3.8) is 0 Å². The SMILES string of the molecule is CC1(C)OB(c2cc(-c3cnc4ccccc4c3)cc(-c3nc(-c4ccccc4)nc(-c4ccccc4)n3)c2)OC1(C)C. The van der Waals surface area contributed by atoms with Crippen LogP contribution in [0.25, 0.3) is 56.2 Å². The first kappa shape index (κ1) is 27.1. The molecule has 0 spiro atoms. The van der Waals surface area contributed by atoms with E-state index in [1.807, 2.05) is 85.1 Å². The zero-order valence-corrected chi connectivity index (χ0v) is 24.7. The average molecular weight is 562 g/mol. The molecule has 0 unspecified atom stereocenters. The summed E-state index contributed by atoms with van der Waals surface area (Å²) in [7, 11) is -0.554. The van der Waals surface area contributed by atoms with Gasteiger partial charge in [0.25, 0.3) is 0 Å². The molecule has 6 nitrogen and oxygen atoms in total. The quantitative estimate of drug-likeness (QED) is 0.204. The molecule has 7 rings (SSSR count). The zero-order chi connectivity index (χ0) is 29.6. The van der Waals surface area contributed by atoms with Crippen molar-refractivity contribution in [2.24, 2.45) is 0 Å². The van der Waals surface area contributed by atoms with E-state index in [0.717, 1.165) is 44.2 Å². The molecule has 1 aliphatic rings. The highest BCUT2D eigenvalue weighted by molar-refractivity contribution is 6.62. The van der Waals surface area contributed by atoms with E-state index in [2.05, 4.69) is 58.0 Å². The maximum Gasteiger partial charge on any atom is 0.494 e. The first-order valence-electron chi connectivity index (χ1n) is 14.5. The Labute approximate surface area is 252 Å². The number of aromatic nitrogens is 4. The van der Waals surface area contributed by atoms with Crippen LogP contribution in [0.1, 0.15) is 27.7 Å². The molecule has 6 aromatic rings. The van der Waals surface area contributed by atoms with Gasteiger partial charge in [-0.2, -0.15) is 0 Å². The first-order chi connectivity index (χ1) is 20.8. The molecule has 3 heterocycles. The summed E-state index contributed by atoms with van der Waals surface area (Å²) in [5.41, 5.74) is 5.52. The fraction of sp³-hybridized carbons (Fsp3) is 0.167. The molecular formula is C36H31BN4O2. The molecule has 43 heavy (non-hydrogen) atoms. The van der Waals surface area contributed by atoms with Crippen molar-refractivity contribution in [2.45, 2.75) is 38.9 Å². The van der Waals surface area contributed by atoms with Crippen LogP contribution in [0.3, 0.4) is 0 Å². The number of pyridine rings is 1. The Kier molecular flexibility index (Phi) is 6.64. The summed E-state index contributed by atoms with van der Waals surface area (Å²) in [6.45, 7) is 8.26. The number of rotatable bonds is 5. The summed E-state index contributed by atoms with van der Waals surface area (Å²) in [5, 5.41) is 1.07. The molecule has 1 aliphatic heterocycles. The lowest BCUT2D eigenvalue weighted by Crippen LogP contribution is -2.41. The Morgan fingerprint density at radius 1 is 0.512 bits per heavy atom. The van der Waals surface area contributed by atoms with E-state index in [1.165, 1.54) is 0 Å². The average Bonchev–Trinajstić information content (AvgIpc) is 3.27. The van der Waals surface area contributed by atoms with Gasteiger partial charge in [0, 0.05) is 33.8 Å². The number of fused-ring (bicyclic) bond motifs is 1. The molecule has 0 N–H and O–H groups in total. The van der Waals surface area contributed by atoms with Gasteiger partial charge in [-0.3, -0.25) is 4.98 Å². The predicted octanol–water partition coefficient (Wildman–Crippen LogP) is 7.39. The normalized spacial score (nSPS) is 15.6. The number of nitrogens with zero attached hydrogens (tertiary/aromatic N) is 4. The Balaban J connectivity index is 1.43. The van der Waals surface area contributed by atoms with Gasteiger partial charge in [0.15, 0.2) is 17.5 Å². The van der Waals surface area contributed by atoms with E-state index in [0.29, 0.717) is 17.5 Å². The van der Waals surface area contributed by atoms with Crippen LogP contribution in [-0.2, 0) is 9.31 Å². The van der Waals surface area contributed by atoms with Crippen LogP contribution in [0.4, 0.5) is 0 Å². The summed E-state index contributed by atoms with van der Waals surface area (Å²) < 4.78 is 13.0. The van der Waals surface area contributed by atoms with Crippen molar-refractivity contribution >= 4 is 23.5 Å². The van der Waals surface area contributed by atoms with E-state index in [1.54, 1.807) is 0 Å². The molecule has 1 saturated heterocycles. The van der Waals surface area contributed by atoms with Crippen LogP contribution in [-0.4, -0.2) is 38.3 Å². The fourth-order valence-corrected chi connectivity index (χ4v) is 5.23. The van der Waals surface area contributed by atoms with Gasteiger partial charge in [-0.15, -0.1) is 0 Å². The first-order valence-corrected chi connectivity index (χ1v) is 14.5. The maximum absolute atomic E-state index is 6.50. The maximum atomic E-state index is 6.50. The molecule has 1 fully saturated rings. The largest absolute Gasteiger partial charge is 0.494 e. The topological polar surface area (TPSA) is 70.0 Å². The van der Waals surface area contributed by atoms with Gasteiger partial charge in [-0.25, -0.2) is 15.0 Å². The van der Waals surface area contributed by atoms with E-state index in [9.17, 15) is 0 Å². The lowest BCUT2D eigenvalue weighted by atomic mass is 9.77. The van der Waals surface area contributed by atoms with Crippen molar-refractivity contribution in [3.8, 4) is 45.3 Å². The molecule has 0 saturated carbocycles. The van der Waals surface area contributed by atoms with Crippen LogP contribution < -0.4 is 5.46 Å². The minimum absolute atomic E-state index is 0.480. The highest BCUT2D eigenvalue weighted by Crippen LogP contribution is 2.37. The summed E-state index contributed by atoms with van der Waals surface area (Å²) in [6.07, 6.45) is 1.91. The summed E-state index contributed by atoms with van der Waals surface area (Å²) in [5.74, 6) is 1.79. The van der Waals surface area contributed by atoms with E-state index in [4.69, 9.17) is 29.2 Å². The third-order valence-corrected chi connectivity index (χ3v) is 8.36. The van der Waals surface area contributed by atoms with E-state index < -0.39 is 18.3 Å². The molecule has 210 valence electrons. The molecule has 7 heteroatoms. The van der Waals surface area contributed by atoms with Gasteiger partial charge in [0.05, 0.1) is 16.7 Å². The van der Waals surface area contributed by atoms with Gasteiger partial charge < -0.3 is 9.31 Å². The molecule has 4 aromatic carbocycles. The molecule has 0 bridgehead atoms. The molecule has 0 amide bonds. The number of benzene rings is 4. The number of para-hydroxylation sites is 1. The molecule has 2 aromatic heterocycles. The second-order valence-electron chi connectivity index (χ2n) is 11.9. The summed E-state index contributed by atoms with van der Waals surface area (Å²) in [4.78, 5) is 19.6. The van der Waals surface area contributed by atoms with Crippen LogP contribution in [0.15, 0.2) is 115 Å². The third kappa shape index (κ3) is 5.22. The zero-order valence-electron chi connectivity index (χ0n) is 24.7. The highest BCUT2D eigenvalue weighted by atomic mass is 16.7. The lowest BCUT2D eigenvalue weighted by Gasteiger charge is -2.32. The highest BCUT2D eigenvalue weighted by Gasteiger charge is 2.51. The Bertz CT molecular complexity index is 1870. The van der Waals surface area contributed by atoms with Crippen molar-refractivity contribution in [2.75, 3.05) is 0 Å². The molecular weight excluding hydrogens is 531 g/mol. The predicted molar refractivity (Wildman–Crippen MR) is 173 cm³/mol. The van der Waals surface area contributed by atoms with Crippen LogP contribution in [0, 0.1) is 0 Å².